The van der Waals surface area contributed by atoms with E-state index in [1.54, 1.807) is 35.4 Å². The van der Waals surface area contributed by atoms with Crippen LogP contribution in [-0.4, -0.2) is 42.3 Å². The van der Waals surface area contributed by atoms with E-state index >= 15 is 0 Å². The molecular formula is C23H20N6O4S. The minimum Gasteiger partial charge on any atom is -0.377 e. The first-order chi connectivity index (χ1) is 16.4. The quantitative estimate of drug-likeness (QED) is 0.390. The summed E-state index contributed by atoms with van der Waals surface area (Å²) in [5.74, 6) is -0.378. The maximum Gasteiger partial charge on any atom is 0.261 e. The number of hydrogen-bond donors (Lipinski definition) is 3. The molecule has 0 radical (unpaired) electrons. The van der Waals surface area contributed by atoms with Gasteiger partial charge < -0.3 is 15.0 Å². The normalized spacial score (nSPS) is 13.9. The monoisotopic (exact) mass is 476 g/mol. The second-order valence-corrected chi connectivity index (χ2v) is 9.66. The maximum atomic E-state index is 13.0. The lowest BCUT2D eigenvalue weighted by atomic mass is 10.1. The predicted molar refractivity (Wildman–Crippen MR) is 125 cm³/mol. The molecule has 0 atom stereocenters. The number of anilines is 2. The van der Waals surface area contributed by atoms with E-state index in [4.69, 9.17) is 4.74 Å². The fraction of sp³-hybridized carbons (Fsp3) is 0.174. The number of sulfonamides is 1. The van der Waals surface area contributed by atoms with E-state index < -0.39 is 10.0 Å². The van der Waals surface area contributed by atoms with Crippen LogP contribution in [0.5, 0.6) is 0 Å². The molecular weight excluding hydrogens is 456 g/mol. The molecule has 2 aromatic carbocycles. The Morgan fingerprint density at radius 3 is 2.68 bits per heavy atom. The lowest BCUT2D eigenvalue weighted by Crippen LogP contribution is -2.30. The molecule has 172 valence electrons. The van der Waals surface area contributed by atoms with E-state index in [1.807, 2.05) is 6.92 Å². The number of benzene rings is 2. The van der Waals surface area contributed by atoms with Gasteiger partial charge in [0.15, 0.2) is 0 Å². The highest BCUT2D eigenvalue weighted by Gasteiger charge is 2.22. The number of carbonyl (C=O) groups excluding carboxylic acids is 1. The van der Waals surface area contributed by atoms with E-state index in [0.29, 0.717) is 46.6 Å². The molecule has 5 rings (SSSR count). The zero-order valence-electron chi connectivity index (χ0n) is 18.1. The van der Waals surface area contributed by atoms with Gasteiger partial charge in [-0.05, 0) is 42.8 Å². The SMILES string of the molecule is Cc1ccc(NS(=O)(=O)c2ccc(C(=O)Nc3cnn(C4COC4)c3)cc2)c2[nH]cc(C#N)c12. The van der Waals surface area contributed by atoms with E-state index in [0.717, 1.165) is 5.56 Å². The lowest BCUT2D eigenvalue weighted by Gasteiger charge is -2.25. The number of fused-ring (bicyclic) bond motifs is 1. The number of amides is 1. The van der Waals surface area contributed by atoms with Gasteiger partial charge in [0.2, 0.25) is 0 Å². The van der Waals surface area contributed by atoms with Crippen LogP contribution < -0.4 is 10.0 Å². The van der Waals surface area contributed by atoms with Crippen LogP contribution >= 0.6 is 0 Å². The van der Waals surface area contributed by atoms with Crippen LogP contribution in [0.3, 0.4) is 0 Å². The standard InChI is InChI=1S/C23H20N6O4S/c1-14-2-7-20(22-21(14)16(8-24)9-25-22)28-34(31,32)19-5-3-15(4-6-19)23(30)27-17-10-26-29(11-17)18-12-33-13-18/h2-7,9-11,18,25,28H,12-13H2,1H3,(H,27,30). The van der Waals surface area contributed by atoms with E-state index in [1.165, 1.54) is 24.3 Å². The number of rotatable bonds is 6. The minimum absolute atomic E-state index is 0.00245. The molecule has 11 heteroatoms. The number of ether oxygens (including phenoxy) is 1. The molecule has 0 spiro atoms. The zero-order chi connectivity index (χ0) is 23.9. The van der Waals surface area contributed by atoms with E-state index in [-0.39, 0.29) is 16.8 Å². The van der Waals surface area contributed by atoms with Crippen LogP contribution in [0.2, 0.25) is 0 Å². The fourth-order valence-electron chi connectivity index (χ4n) is 3.76. The van der Waals surface area contributed by atoms with Crippen molar-refractivity contribution in [1.82, 2.24) is 14.8 Å². The Balaban J connectivity index is 1.32. The molecule has 4 aromatic rings. The number of aryl methyl sites for hydroxylation is 1. The second kappa shape index (κ2) is 8.33. The molecule has 1 aliphatic rings. The molecule has 1 aliphatic heterocycles. The summed E-state index contributed by atoms with van der Waals surface area (Å²) < 4.78 is 35.4. The third-order valence-electron chi connectivity index (χ3n) is 5.69. The Hall–Kier alpha value is -4.14. The molecule has 3 heterocycles. The van der Waals surface area contributed by atoms with Gasteiger partial charge in [0.05, 0.1) is 52.8 Å². The molecule has 0 aliphatic carbocycles. The van der Waals surface area contributed by atoms with Crippen molar-refractivity contribution in [1.29, 1.82) is 5.26 Å². The number of carbonyl (C=O) groups is 1. The Morgan fingerprint density at radius 2 is 2.00 bits per heavy atom. The third kappa shape index (κ3) is 3.89. The van der Waals surface area contributed by atoms with Gasteiger partial charge in [-0.2, -0.15) is 10.4 Å². The van der Waals surface area contributed by atoms with Gasteiger partial charge in [-0.25, -0.2) is 8.42 Å². The zero-order valence-corrected chi connectivity index (χ0v) is 18.9. The largest absolute Gasteiger partial charge is 0.377 e. The second-order valence-electron chi connectivity index (χ2n) is 7.98. The first-order valence-electron chi connectivity index (χ1n) is 10.4. The smallest absolute Gasteiger partial charge is 0.261 e. The Labute approximate surface area is 195 Å². The molecule has 3 N–H and O–H groups in total. The summed E-state index contributed by atoms with van der Waals surface area (Å²) in [5.41, 5.74) is 3.01. The summed E-state index contributed by atoms with van der Waals surface area (Å²) in [6, 6.07) is 11.3. The number of hydrogen-bond acceptors (Lipinski definition) is 6. The summed E-state index contributed by atoms with van der Waals surface area (Å²) in [6.07, 6.45) is 4.83. The van der Waals surface area contributed by atoms with E-state index in [2.05, 4.69) is 26.2 Å². The topological polar surface area (TPSA) is 142 Å². The number of aromatic nitrogens is 3. The highest BCUT2D eigenvalue weighted by molar-refractivity contribution is 7.92. The number of nitrogens with one attached hydrogen (secondary N) is 3. The first kappa shape index (κ1) is 21.7. The number of nitriles is 1. The molecule has 1 fully saturated rings. The Kier molecular flexibility index (Phi) is 5.31. The molecule has 0 saturated carbocycles. The van der Waals surface area contributed by atoms with Crippen molar-refractivity contribution in [3.63, 3.8) is 0 Å². The first-order valence-corrected chi connectivity index (χ1v) is 11.9. The van der Waals surface area contributed by atoms with Crippen molar-refractivity contribution < 1.29 is 17.9 Å². The molecule has 34 heavy (non-hydrogen) atoms. The van der Waals surface area contributed by atoms with Gasteiger partial charge in [0.25, 0.3) is 15.9 Å². The summed E-state index contributed by atoms with van der Waals surface area (Å²) in [6.45, 7) is 3.04. The summed E-state index contributed by atoms with van der Waals surface area (Å²) in [4.78, 5) is 15.5. The molecule has 10 nitrogen and oxygen atoms in total. The van der Waals surface area contributed by atoms with Crippen LogP contribution in [-0.2, 0) is 14.8 Å². The summed E-state index contributed by atoms with van der Waals surface area (Å²) >= 11 is 0. The molecule has 0 bridgehead atoms. The third-order valence-corrected chi connectivity index (χ3v) is 7.07. The lowest BCUT2D eigenvalue weighted by molar-refractivity contribution is -0.0286. The average Bonchev–Trinajstić information content (AvgIpc) is 3.42. The van der Waals surface area contributed by atoms with Crippen LogP contribution in [0, 0.1) is 18.3 Å². The summed E-state index contributed by atoms with van der Waals surface area (Å²) in [5, 5.41) is 16.9. The van der Waals surface area contributed by atoms with Crippen molar-refractivity contribution in [2.45, 2.75) is 17.9 Å². The predicted octanol–water partition coefficient (Wildman–Crippen LogP) is 3.17. The fourth-order valence-corrected chi connectivity index (χ4v) is 4.84. The summed E-state index contributed by atoms with van der Waals surface area (Å²) in [7, 11) is -3.93. The van der Waals surface area contributed by atoms with Crippen molar-refractivity contribution in [3.8, 4) is 6.07 Å². The highest BCUT2D eigenvalue weighted by atomic mass is 32.2. The molecule has 1 amide bonds. The average molecular weight is 477 g/mol. The highest BCUT2D eigenvalue weighted by Crippen LogP contribution is 2.30. The van der Waals surface area contributed by atoms with Gasteiger partial charge in [-0.3, -0.25) is 14.2 Å². The van der Waals surface area contributed by atoms with Gasteiger partial charge in [-0.15, -0.1) is 0 Å². The number of H-pyrrole nitrogens is 1. The molecule has 2 aromatic heterocycles. The van der Waals surface area contributed by atoms with Gasteiger partial charge in [0, 0.05) is 23.3 Å². The molecule has 0 unspecified atom stereocenters. The minimum atomic E-state index is -3.93. The van der Waals surface area contributed by atoms with Gasteiger partial charge in [0.1, 0.15) is 6.07 Å². The van der Waals surface area contributed by atoms with Crippen molar-refractivity contribution in [2.75, 3.05) is 23.3 Å². The molecule has 1 saturated heterocycles. The van der Waals surface area contributed by atoms with Crippen LogP contribution in [0.15, 0.2) is 59.9 Å². The van der Waals surface area contributed by atoms with Gasteiger partial charge >= 0.3 is 0 Å². The Morgan fingerprint density at radius 1 is 1.24 bits per heavy atom. The van der Waals surface area contributed by atoms with Crippen LogP contribution in [0.4, 0.5) is 11.4 Å². The van der Waals surface area contributed by atoms with Crippen LogP contribution in [0.25, 0.3) is 10.9 Å². The maximum absolute atomic E-state index is 13.0. The van der Waals surface area contributed by atoms with E-state index in [9.17, 15) is 18.5 Å². The number of aromatic amines is 1. The van der Waals surface area contributed by atoms with Crippen molar-refractivity contribution >= 4 is 38.2 Å². The number of nitrogens with zero attached hydrogens (tertiary/aromatic N) is 3. The van der Waals surface area contributed by atoms with Crippen LogP contribution in [0.1, 0.15) is 27.5 Å². The van der Waals surface area contributed by atoms with Crippen molar-refractivity contribution in [3.05, 3.63) is 71.7 Å². The van der Waals surface area contributed by atoms with Gasteiger partial charge in [-0.1, -0.05) is 6.07 Å². The Bertz CT molecular complexity index is 1540. The van der Waals surface area contributed by atoms with Crippen molar-refractivity contribution in [2.24, 2.45) is 0 Å².